The molecule has 1 N–H and O–H groups in total. The van der Waals surface area contributed by atoms with Gasteiger partial charge < -0.3 is 5.32 Å². The van der Waals surface area contributed by atoms with Gasteiger partial charge >= 0.3 is 0 Å². The predicted molar refractivity (Wildman–Crippen MR) is 85.8 cm³/mol. The minimum Gasteiger partial charge on any atom is -0.306 e. The van der Waals surface area contributed by atoms with E-state index in [0.29, 0.717) is 15.1 Å². The molecular weight excluding hydrogens is 341 g/mol. The Morgan fingerprint density at radius 2 is 2.05 bits per heavy atom. The molecule has 2 rings (SSSR count). The van der Waals surface area contributed by atoms with Crippen molar-refractivity contribution >= 4 is 27.5 Å². The van der Waals surface area contributed by atoms with Crippen molar-refractivity contribution in [2.45, 2.75) is 19.9 Å². The molecule has 1 unspecified atom stereocenters. The lowest BCUT2D eigenvalue weighted by Crippen LogP contribution is -2.23. The number of benzene rings is 2. The molecule has 2 aromatic carbocycles. The molecule has 1 nitrogen and oxygen atoms in total. The van der Waals surface area contributed by atoms with Gasteiger partial charge in [0, 0.05) is 10.6 Å². The molecule has 0 saturated carbocycles. The van der Waals surface area contributed by atoms with E-state index in [-0.39, 0.29) is 11.9 Å². The molecule has 0 aliphatic carbocycles. The molecule has 0 aliphatic heterocycles. The Labute approximate surface area is 132 Å². The van der Waals surface area contributed by atoms with E-state index in [9.17, 15) is 4.39 Å². The van der Waals surface area contributed by atoms with Gasteiger partial charge in [0.2, 0.25) is 0 Å². The van der Waals surface area contributed by atoms with E-state index in [2.05, 4.69) is 21.2 Å². The van der Waals surface area contributed by atoms with E-state index < -0.39 is 0 Å². The van der Waals surface area contributed by atoms with Gasteiger partial charge in [-0.3, -0.25) is 0 Å². The van der Waals surface area contributed by atoms with Gasteiger partial charge in [-0.2, -0.15) is 0 Å². The molecule has 0 radical (unpaired) electrons. The smallest absolute Gasteiger partial charge is 0.142 e. The van der Waals surface area contributed by atoms with Crippen molar-refractivity contribution in [3.8, 4) is 0 Å². The van der Waals surface area contributed by atoms with E-state index in [1.807, 2.05) is 38.1 Å². The van der Waals surface area contributed by atoms with Gasteiger partial charge in [-0.15, -0.1) is 0 Å². The average molecular weight is 357 g/mol. The first-order valence-electron chi connectivity index (χ1n) is 6.48. The fraction of sp³-hybridized carbons (Fsp3) is 0.250. The Bertz CT molecular complexity index is 615. The molecule has 0 bridgehead atoms. The Balaban J connectivity index is 2.50. The molecule has 0 spiro atoms. The van der Waals surface area contributed by atoms with E-state index in [4.69, 9.17) is 11.6 Å². The van der Waals surface area contributed by atoms with Crippen molar-refractivity contribution in [3.63, 3.8) is 0 Å². The van der Waals surface area contributed by atoms with Gasteiger partial charge in [0.1, 0.15) is 5.82 Å². The molecule has 0 aliphatic rings. The quantitative estimate of drug-likeness (QED) is 0.789. The van der Waals surface area contributed by atoms with E-state index in [1.54, 1.807) is 12.1 Å². The van der Waals surface area contributed by atoms with Gasteiger partial charge in [0.25, 0.3) is 0 Å². The van der Waals surface area contributed by atoms with Crippen LogP contribution in [0.25, 0.3) is 0 Å². The highest BCUT2D eigenvalue weighted by molar-refractivity contribution is 9.10. The Morgan fingerprint density at radius 1 is 1.30 bits per heavy atom. The lowest BCUT2D eigenvalue weighted by atomic mass is 9.97. The third-order valence-electron chi connectivity index (χ3n) is 3.23. The van der Waals surface area contributed by atoms with Crippen LogP contribution in [-0.2, 0) is 0 Å². The number of nitrogens with one attached hydrogen (secondary N) is 1. The number of halogens is 3. The van der Waals surface area contributed by atoms with Crippen molar-refractivity contribution < 1.29 is 4.39 Å². The van der Waals surface area contributed by atoms with Gasteiger partial charge in [0.15, 0.2) is 0 Å². The molecule has 0 amide bonds. The average Bonchev–Trinajstić information content (AvgIpc) is 2.43. The van der Waals surface area contributed by atoms with Crippen LogP contribution in [0, 0.1) is 12.7 Å². The molecule has 1 atom stereocenters. The maximum Gasteiger partial charge on any atom is 0.142 e. The van der Waals surface area contributed by atoms with Crippen LogP contribution in [0.2, 0.25) is 5.02 Å². The summed E-state index contributed by atoms with van der Waals surface area (Å²) in [5.41, 5.74) is 2.58. The summed E-state index contributed by atoms with van der Waals surface area (Å²) in [5, 5.41) is 4.01. The molecular formula is C16H16BrClFN. The summed E-state index contributed by atoms with van der Waals surface area (Å²) < 4.78 is 14.8. The molecule has 0 fully saturated rings. The molecule has 2 aromatic rings. The first-order chi connectivity index (χ1) is 9.54. The number of hydrogen-bond acceptors (Lipinski definition) is 1. The molecule has 0 heterocycles. The molecule has 4 heteroatoms. The highest BCUT2D eigenvalue weighted by Gasteiger charge is 2.19. The van der Waals surface area contributed by atoms with Crippen molar-refractivity contribution in [2.75, 3.05) is 6.54 Å². The second-order valence-corrected chi connectivity index (χ2v) is 5.90. The summed E-state index contributed by atoms with van der Waals surface area (Å²) in [6.45, 7) is 4.69. The van der Waals surface area contributed by atoms with E-state index >= 15 is 0 Å². The van der Waals surface area contributed by atoms with Crippen LogP contribution in [0.15, 0.2) is 40.9 Å². The first-order valence-corrected chi connectivity index (χ1v) is 7.65. The normalized spacial score (nSPS) is 12.4. The summed E-state index contributed by atoms with van der Waals surface area (Å²) in [7, 11) is 0. The van der Waals surface area contributed by atoms with Crippen LogP contribution < -0.4 is 5.32 Å². The van der Waals surface area contributed by atoms with Crippen LogP contribution in [0.3, 0.4) is 0 Å². The fourth-order valence-corrected chi connectivity index (χ4v) is 2.71. The van der Waals surface area contributed by atoms with Crippen LogP contribution in [0.1, 0.15) is 29.7 Å². The van der Waals surface area contributed by atoms with E-state index in [0.717, 1.165) is 17.7 Å². The number of hydrogen-bond donors (Lipinski definition) is 1. The summed E-state index contributed by atoms with van der Waals surface area (Å²) >= 11 is 9.42. The van der Waals surface area contributed by atoms with Crippen LogP contribution in [0.4, 0.5) is 4.39 Å². The Morgan fingerprint density at radius 3 is 2.70 bits per heavy atom. The summed E-state index contributed by atoms with van der Waals surface area (Å²) in [4.78, 5) is 0. The zero-order valence-electron chi connectivity index (χ0n) is 11.4. The SMILES string of the molecule is CCNC(c1ccc(C)c(Cl)c1)c1cccc(Br)c1F. The molecule has 0 aromatic heterocycles. The van der Waals surface area contributed by atoms with Gasteiger partial charge in [-0.05, 0) is 52.7 Å². The van der Waals surface area contributed by atoms with Crippen LogP contribution in [0.5, 0.6) is 0 Å². The van der Waals surface area contributed by atoms with Crippen molar-refractivity contribution in [2.24, 2.45) is 0 Å². The summed E-state index contributed by atoms with van der Waals surface area (Å²) in [6.07, 6.45) is 0. The Kier molecular flexibility index (Phi) is 5.19. The monoisotopic (exact) mass is 355 g/mol. The minimum atomic E-state index is -0.241. The minimum absolute atomic E-state index is 0.212. The van der Waals surface area contributed by atoms with Gasteiger partial charge in [-0.25, -0.2) is 4.39 Å². The largest absolute Gasteiger partial charge is 0.306 e. The highest BCUT2D eigenvalue weighted by atomic mass is 79.9. The number of aryl methyl sites for hydroxylation is 1. The lowest BCUT2D eigenvalue weighted by Gasteiger charge is -2.20. The Hall–Kier alpha value is -0.900. The third-order valence-corrected chi connectivity index (χ3v) is 4.25. The van der Waals surface area contributed by atoms with Crippen molar-refractivity contribution in [1.29, 1.82) is 0 Å². The van der Waals surface area contributed by atoms with Crippen LogP contribution in [-0.4, -0.2) is 6.54 Å². The second kappa shape index (κ2) is 6.70. The zero-order valence-corrected chi connectivity index (χ0v) is 13.7. The fourth-order valence-electron chi connectivity index (χ4n) is 2.14. The highest BCUT2D eigenvalue weighted by Crippen LogP contribution is 2.30. The zero-order chi connectivity index (χ0) is 14.7. The lowest BCUT2D eigenvalue weighted by molar-refractivity contribution is 0.555. The molecule has 20 heavy (non-hydrogen) atoms. The van der Waals surface area contributed by atoms with Gasteiger partial charge in [-0.1, -0.05) is 42.8 Å². The van der Waals surface area contributed by atoms with Gasteiger partial charge in [0.05, 0.1) is 10.5 Å². The first kappa shape index (κ1) is 15.5. The maximum atomic E-state index is 14.3. The summed E-state index contributed by atoms with van der Waals surface area (Å²) in [6, 6.07) is 10.9. The number of rotatable bonds is 4. The second-order valence-electron chi connectivity index (χ2n) is 4.64. The maximum absolute atomic E-state index is 14.3. The van der Waals surface area contributed by atoms with E-state index in [1.165, 1.54) is 0 Å². The summed E-state index contributed by atoms with van der Waals surface area (Å²) in [5.74, 6) is -0.241. The molecule has 106 valence electrons. The standard InChI is InChI=1S/C16H16BrClFN/c1-3-20-16(11-8-7-10(2)14(18)9-11)12-5-4-6-13(17)15(12)19/h4-9,16,20H,3H2,1-2H3. The molecule has 0 saturated heterocycles. The van der Waals surface area contributed by atoms with Crippen molar-refractivity contribution in [3.05, 3.63) is 68.4 Å². The topological polar surface area (TPSA) is 12.0 Å². The third kappa shape index (κ3) is 3.22. The van der Waals surface area contributed by atoms with Crippen molar-refractivity contribution in [1.82, 2.24) is 5.32 Å². The van der Waals surface area contributed by atoms with Crippen LogP contribution >= 0.6 is 27.5 Å². The predicted octanol–water partition coefficient (Wildman–Crippen LogP) is 5.25.